The third-order valence-corrected chi connectivity index (χ3v) is 4.10. The van der Waals surface area contributed by atoms with E-state index in [0.717, 1.165) is 34.5 Å². The molecule has 3 rings (SSSR count). The second kappa shape index (κ2) is 5.32. The van der Waals surface area contributed by atoms with Gasteiger partial charge in [0.1, 0.15) is 0 Å². The van der Waals surface area contributed by atoms with Gasteiger partial charge in [0, 0.05) is 23.0 Å². The molecule has 2 nitrogen and oxygen atoms in total. The zero-order valence-electron chi connectivity index (χ0n) is 11.0. The van der Waals surface area contributed by atoms with Gasteiger partial charge >= 0.3 is 0 Å². The number of rotatable bonds is 3. The van der Waals surface area contributed by atoms with E-state index in [-0.39, 0.29) is 0 Å². The van der Waals surface area contributed by atoms with Crippen LogP contribution < -0.4 is 5.32 Å². The van der Waals surface area contributed by atoms with E-state index in [9.17, 15) is 0 Å². The Bertz CT molecular complexity index is 619. The van der Waals surface area contributed by atoms with E-state index in [2.05, 4.69) is 17.5 Å². The summed E-state index contributed by atoms with van der Waals surface area (Å²) in [6, 6.07) is 14.4. The van der Waals surface area contributed by atoms with Crippen LogP contribution in [0.15, 0.2) is 36.4 Å². The van der Waals surface area contributed by atoms with Gasteiger partial charge in [-0.1, -0.05) is 37.1 Å². The van der Waals surface area contributed by atoms with Crippen molar-refractivity contribution in [3.05, 3.63) is 42.0 Å². The molecule has 0 bridgehead atoms. The summed E-state index contributed by atoms with van der Waals surface area (Å²) >= 11 is 0. The van der Waals surface area contributed by atoms with E-state index in [1.165, 1.54) is 25.7 Å². The molecule has 19 heavy (non-hydrogen) atoms. The first kappa shape index (κ1) is 12.0. The van der Waals surface area contributed by atoms with E-state index in [1.807, 2.05) is 30.3 Å². The van der Waals surface area contributed by atoms with Crippen LogP contribution in [-0.4, -0.2) is 6.54 Å². The lowest BCUT2D eigenvalue weighted by atomic mass is 10.0. The van der Waals surface area contributed by atoms with Crippen LogP contribution in [0.2, 0.25) is 0 Å². The lowest BCUT2D eigenvalue weighted by molar-refractivity contribution is 0.580. The first-order valence-electron chi connectivity index (χ1n) is 7.04. The van der Waals surface area contributed by atoms with Crippen molar-refractivity contribution in [1.29, 1.82) is 5.26 Å². The molecule has 0 spiro atoms. The molecule has 2 heteroatoms. The van der Waals surface area contributed by atoms with Crippen LogP contribution in [-0.2, 0) is 0 Å². The standard InChI is InChI=1S/C17H18N2/c18-11-14-9-10-17(16-8-4-3-7-15(14)16)19-12-13-5-1-2-6-13/h3-4,7-10,13,19H,1-2,5-6,12H2. The summed E-state index contributed by atoms with van der Waals surface area (Å²) in [5, 5.41) is 14.9. The molecule has 1 saturated carbocycles. The fourth-order valence-electron chi connectivity index (χ4n) is 3.02. The summed E-state index contributed by atoms with van der Waals surface area (Å²) in [6.45, 7) is 1.05. The molecule has 96 valence electrons. The van der Waals surface area contributed by atoms with Crippen LogP contribution in [0.25, 0.3) is 10.8 Å². The second-order valence-electron chi connectivity index (χ2n) is 5.35. The second-order valence-corrected chi connectivity index (χ2v) is 5.35. The Balaban J connectivity index is 1.89. The molecule has 0 aromatic heterocycles. The van der Waals surface area contributed by atoms with Crippen molar-refractivity contribution >= 4 is 16.5 Å². The zero-order chi connectivity index (χ0) is 13.1. The first-order valence-corrected chi connectivity index (χ1v) is 7.04. The van der Waals surface area contributed by atoms with Gasteiger partial charge in [0.05, 0.1) is 11.6 Å². The average molecular weight is 250 g/mol. The van der Waals surface area contributed by atoms with Gasteiger partial charge in [-0.2, -0.15) is 5.26 Å². The van der Waals surface area contributed by atoms with Gasteiger partial charge in [0.25, 0.3) is 0 Å². The fourth-order valence-corrected chi connectivity index (χ4v) is 3.02. The zero-order valence-corrected chi connectivity index (χ0v) is 11.0. The van der Waals surface area contributed by atoms with Crippen LogP contribution in [0.4, 0.5) is 5.69 Å². The van der Waals surface area contributed by atoms with Crippen molar-refractivity contribution in [1.82, 2.24) is 0 Å². The summed E-state index contributed by atoms with van der Waals surface area (Å²) in [5.41, 5.74) is 1.91. The summed E-state index contributed by atoms with van der Waals surface area (Å²) in [5.74, 6) is 0.814. The van der Waals surface area contributed by atoms with Crippen LogP contribution in [0.5, 0.6) is 0 Å². The van der Waals surface area contributed by atoms with Crippen molar-refractivity contribution < 1.29 is 0 Å². The fraction of sp³-hybridized carbons (Fsp3) is 0.353. The average Bonchev–Trinajstić information content (AvgIpc) is 2.98. The van der Waals surface area contributed by atoms with Gasteiger partial charge in [-0.05, 0) is 30.9 Å². The molecule has 2 aromatic rings. The van der Waals surface area contributed by atoms with Gasteiger partial charge in [-0.3, -0.25) is 0 Å². The molecule has 0 aliphatic heterocycles. The summed E-state index contributed by atoms with van der Waals surface area (Å²) in [4.78, 5) is 0. The quantitative estimate of drug-likeness (QED) is 0.880. The molecule has 1 N–H and O–H groups in total. The highest BCUT2D eigenvalue weighted by Crippen LogP contribution is 2.29. The third-order valence-electron chi connectivity index (χ3n) is 4.10. The Labute approximate surface area is 114 Å². The minimum Gasteiger partial charge on any atom is -0.384 e. The summed E-state index contributed by atoms with van der Waals surface area (Å²) in [6.07, 6.45) is 5.45. The lowest BCUT2D eigenvalue weighted by Crippen LogP contribution is -2.11. The van der Waals surface area contributed by atoms with Gasteiger partial charge in [0.2, 0.25) is 0 Å². The Hall–Kier alpha value is -2.01. The first-order chi connectivity index (χ1) is 9.38. The van der Waals surface area contributed by atoms with Crippen molar-refractivity contribution in [3.63, 3.8) is 0 Å². The van der Waals surface area contributed by atoms with E-state index >= 15 is 0 Å². The molecule has 0 atom stereocenters. The molecule has 1 aliphatic carbocycles. The number of nitrogens with one attached hydrogen (secondary N) is 1. The van der Waals surface area contributed by atoms with Crippen LogP contribution >= 0.6 is 0 Å². The van der Waals surface area contributed by atoms with Crippen molar-refractivity contribution in [2.75, 3.05) is 11.9 Å². The molecule has 0 amide bonds. The predicted octanol–water partition coefficient (Wildman–Crippen LogP) is 4.31. The van der Waals surface area contributed by atoms with Crippen LogP contribution in [0, 0.1) is 17.2 Å². The van der Waals surface area contributed by atoms with Gasteiger partial charge in [-0.25, -0.2) is 0 Å². The Morgan fingerprint density at radius 2 is 1.79 bits per heavy atom. The van der Waals surface area contributed by atoms with Crippen LogP contribution in [0.3, 0.4) is 0 Å². The largest absolute Gasteiger partial charge is 0.384 e. The number of benzene rings is 2. The summed E-state index contributed by atoms with van der Waals surface area (Å²) < 4.78 is 0. The van der Waals surface area contributed by atoms with E-state index in [0.29, 0.717) is 0 Å². The normalized spacial score (nSPS) is 15.5. The maximum absolute atomic E-state index is 9.16. The molecular weight excluding hydrogens is 232 g/mol. The molecule has 0 heterocycles. The number of hydrogen-bond donors (Lipinski definition) is 1. The van der Waals surface area contributed by atoms with Crippen LogP contribution in [0.1, 0.15) is 31.2 Å². The van der Waals surface area contributed by atoms with Gasteiger partial charge in [-0.15, -0.1) is 0 Å². The molecule has 0 radical (unpaired) electrons. The highest BCUT2D eigenvalue weighted by Gasteiger charge is 2.15. The smallest absolute Gasteiger partial charge is 0.0998 e. The Kier molecular flexibility index (Phi) is 3.37. The minimum atomic E-state index is 0.752. The number of nitrogens with zero attached hydrogens (tertiary/aromatic N) is 1. The Morgan fingerprint density at radius 3 is 2.53 bits per heavy atom. The van der Waals surface area contributed by atoms with E-state index in [1.54, 1.807) is 0 Å². The highest BCUT2D eigenvalue weighted by molar-refractivity contribution is 5.97. The Morgan fingerprint density at radius 1 is 1.05 bits per heavy atom. The van der Waals surface area contributed by atoms with Gasteiger partial charge < -0.3 is 5.32 Å². The van der Waals surface area contributed by atoms with E-state index < -0.39 is 0 Å². The lowest BCUT2D eigenvalue weighted by Gasteiger charge is -2.14. The van der Waals surface area contributed by atoms with Crippen molar-refractivity contribution in [2.45, 2.75) is 25.7 Å². The van der Waals surface area contributed by atoms with Gasteiger partial charge in [0.15, 0.2) is 0 Å². The number of nitriles is 1. The molecule has 1 aliphatic rings. The SMILES string of the molecule is N#Cc1ccc(NCC2CCCC2)c2ccccc12. The minimum absolute atomic E-state index is 0.752. The van der Waals surface area contributed by atoms with E-state index in [4.69, 9.17) is 5.26 Å². The third kappa shape index (κ3) is 2.42. The number of hydrogen-bond acceptors (Lipinski definition) is 2. The highest BCUT2D eigenvalue weighted by atomic mass is 14.9. The topological polar surface area (TPSA) is 35.8 Å². The van der Waals surface area contributed by atoms with Crippen molar-refractivity contribution in [3.8, 4) is 6.07 Å². The predicted molar refractivity (Wildman–Crippen MR) is 79.1 cm³/mol. The monoisotopic (exact) mass is 250 g/mol. The summed E-state index contributed by atoms with van der Waals surface area (Å²) in [7, 11) is 0. The molecule has 0 saturated heterocycles. The molecule has 0 unspecified atom stereocenters. The number of anilines is 1. The molecule has 2 aromatic carbocycles. The van der Waals surface area contributed by atoms with Crippen molar-refractivity contribution in [2.24, 2.45) is 5.92 Å². The molecule has 1 fully saturated rings. The molecular formula is C17H18N2. The number of fused-ring (bicyclic) bond motifs is 1. The maximum atomic E-state index is 9.16. The maximum Gasteiger partial charge on any atom is 0.0998 e.